The minimum Gasteiger partial charge on any atom is -0.462 e. The molecule has 0 spiro atoms. The molecule has 3 unspecified atom stereocenters. The molecule has 0 saturated carbocycles. The van der Waals surface area contributed by atoms with Crippen molar-refractivity contribution in [2.45, 2.75) is 174 Å². The highest BCUT2D eigenvalue weighted by Gasteiger charge is 2.23. The first-order chi connectivity index (χ1) is 17.5. The van der Waals surface area contributed by atoms with Crippen LogP contribution in [0.4, 0.5) is 0 Å². The molecule has 0 rings (SSSR count). The van der Waals surface area contributed by atoms with Gasteiger partial charge >= 0.3 is 11.9 Å². The van der Waals surface area contributed by atoms with E-state index in [0.29, 0.717) is 19.3 Å². The predicted molar refractivity (Wildman–Crippen MR) is 146 cm³/mol. The molecule has 0 aliphatic carbocycles. The first-order valence-corrected chi connectivity index (χ1v) is 15.0. The summed E-state index contributed by atoms with van der Waals surface area (Å²) in [5.74, 6) is -0.874. The van der Waals surface area contributed by atoms with E-state index in [0.717, 1.165) is 70.5 Å². The fourth-order valence-electron chi connectivity index (χ4n) is 4.42. The smallest absolute Gasteiger partial charge is 0.309 e. The van der Waals surface area contributed by atoms with Gasteiger partial charge in [0.05, 0.1) is 18.9 Å². The summed E-state index contributed by atoms with van der Waals surface area (Å²) in [7, 11) is 0. The summed E-state index contributed by atoms with van der Waals surface area (Å²) in [6.07, 6.45) is 17.5. The second kappa shape index (κ2) is 25.2. The van der Waals surface area contributed by atoms with Crippen LogP contribution in [0, 0.1) is 0 Å². The molecule has 0 aliphatic rings. The Balaban J connectivity index is 4.68. The Morgan fingerprint density at radius 2 is 1.03 bits per heavy atom. The fraction of sp³-hybridized carbons (Fsp3) is 0.900. The third-order valence-electron chi connectivity index (χ3n) is 6.65. The van der Waals surface area contributed by atoms with Gasteiger partial charge in [-0.2, -0.15) is 0 Å². The lowest BCUT2D eigenvalue weighted by Crippen LogP contribution is -2.27. The van der Waals surface area contributed by atoms with Crippen molar-refractivity contribution in [1.29, 1.82) is 0 Å². The molecule has 0 bridgehead atoms. The number of hydrogen-bond acceptors (Lipinski definition) is 6. The standard InChI is InChI=1S/C30H56O6/c1-4-7-10-13-16-19-26(32)24-29(33)36-28(21-18-15-12-9-6-3)25-30(34)35-27(22-23-31)20-17-14-11-8-5-2/h23,26-28,32H,4-22,24-25H2,1-3H3. The molecule has 6 nitrogen and oxygen atoms in total. The van der Waals surface area contributed by atoms with Gasteiger partial charge < -0.3 is 19.4 Å². The highest BCUT2D eigenvalue weighted by Crippen LogP contribution is 2.18. The van der Waals surface area contributed by atoms with Crippen LogP contribution in [0.1, 0.15) is 156 Å². The van der Waals surface area contributed by atoms with E-state index < -0.39 is 30.3 Å². The summed E-state index contributed by atoms with van der Waals surface area (Å²) in [6, 6.07) is 0. The molecule has 0 aromatic heterocycles. The number of aliphatic hydroxyl groups is 1. The Kier molecular flexibility index (Phi) is 24.2. The maximum absolute atomic E-state index is 12.7. The first-order valence-electron chi connectivity index (χ1n) is 15.0. The topological polar surface area (TPSA) is 89.9 Å². The largest absolute Gasteiger partial charge is 0.462 e. The van der Waals surface area contributed by atoms with Crippen LogP contribution in [0.25, 0.3) is 0 Å². The number of unbranched alkanes of at least 4 members (excludes halogenated alkanes) is 12. The van der Waals surface area contributed by atoms with E-state index in [-0.39, 0.29) is 19.3 Å². The maximum Gasteiger partial charge on any atom is 0.309 e. The highest BCUT2D eigenvalue weighted by molar-refractivity contribution is 5.73. The van der Waals surface area contributed by atoms with Gasteiger partial charge in [0.1, 0.15) is 18.5 Å². The molecule has 0 heterocycles. The van der Waals surface area contributed by atoms with E-state index >= 15 is 0 Å². The first kappa shape index (κ1) is 34.6. The molecule has 1 N–H and O–H groups in total. The molecule has 0 aliphatic heterocycles. The Morgan fingerprint density at radius 1 is 0.611 bits per heavy atom. The molecule has 0 saturated heterocycles. The van der Waals surface area contributed by atoms with E-state index in [2.05, 4.69) is 20.8 Å². The molecular formula is C30H56O6. The number of carbonyl (C=O) groups excluding carboxylic acids is 3. The average Bonchev–Trinajstić information content (AvgIpc) is 2.83. The fourth-order valence-corrected chi connectivity index (χ4v) is 4.42. The number of hydrogen-bond donors (Lipinski definition) is 1. The van der Waals surface area contributed by atoms with Crippen LogP contribution < -0.4 is 0 Å². The molecule has 0 amide bonds. The number of aldehydes is 1. The second-order valence-corrected chi connectivity index (χ2v) is 10.3. The van der Waals surface area contributed by atoms with E-state index in [9.17, 15) is 19.5 Å². The van der Waals surface area contributed by atoms with Crippen LogP contribution in [0.15, 0.2) is 0 Å². The molecule has 3 atom stereocenters. The number of ether oxygens (including phenoxy) is 2. The Labute approximate surface area is 221 Å². The third kappa shape index (κ3) is 21.8. The van der Waals surface area contributed by atoms with Gasteiger partial charge in [-0.05, 0) is 32.1 Å². The van der Waals surface area contributed by atoms with Gasteiger partial charge in [-0.3, -0.25) is 9.59 Å². The van der Waals surface area contributed by atoms with Gasteiger partial charge in [-0.25, -0.2) is 0 Å². The van der Waals surface area contributed by atoms with Crippen LogP contribution >= 0.6 is 0 Å². The molecule has 0 aromatic rings. The van der Waals surface area contributed by atoms with Crippen LogP contribution in [0.5, 0.6) is 0 Å². The van der Waals surface area contributed by atoms with Crippen molar-refractivity contribution < 1.29 is 29.0 Å². The predicted octanol–water partition coefficient (Wildman–Crippen LogP) is 7.62. The zero-order valence-electron chi connectivity index (χ0n) is 23.6. The Bertz CT molecular complexity index is 536. The summed E-state index contributed by atoms with van der Waals surface area (Å²) in [5.41, 5.74) is 0. The zero-order chi connectivity index (χ0) is 26.9. The van der Waals surface area contributed by atoms with E-state index in [4.69, 9.17) is 9.47 Å². The van der Waals surface area contributed by atoms with Crippen molar-refractivity contribution in [2.24, 2.45) is 0 Å². The lowest BCUT2D eigenvalue weighted by atomic mass is 10.0. The van der Waals surface area contributed by atoms with Crippen molar-refractivity contribution in [3.05, 3.63) is 0 Å². The minimum atomic E-state index is -0.707. The van der Waals surface area contributed by atoms with Crippen molar-refractivity contribution in [1.82, 2.24) is 0 Å². The van der Waals surface area contributed by atoms with Gasteiger partial charge in [-0.15, -0.1) is 0 Å². The molecule has 0 aromatic carbocycles. The lowest BCUT2D eigenvalue weighted by molar-refractivity contribution is -0.159. The van der Waals surface area contributed by atoms with Gasteiger partial charge in [0.25, 0.3) is 0 Å². The number of aliphatic hydroxyl groups excluding tert-OH is 1. The maximum atomic E-state index is 12.7. The highest BCUT2D eigenvalue weighted by atomic mass is 16.6. The summed E-state index contributed by atoms with van der Waals surface area (Å²) >= 11 is 0. The summed E-state index contributed by atoms with van der Waals surface area (Å²) in [6.45, 7) is 6.49. The monoisotopic (exact) mass is 512 g/mol. The number of esters is 2. The van der Waals surface area contributed by atoms with Crippen LogP contribution in [-0.4, -0.2) is 41.6 Å². The SMILES string of the molecule is CCCCCCCC(O)CC(=O)OC(CCCCCCC)CC(=O)OC(CC=O)CCCCCCC. The normalized spacial score (nSPS) is 13.7. The van der Waals surface area contributed by atoms with Crippen molar-refractivity contribution in [3.8, 4) is 0 Å². The second-order valence-electron chi connectivity index (χ2n) is 10.3. The van der Waals surface area contributed by atoms with Gasteiger partial charge in [-0.1, -0.05) is 104 Å². The minimum absolute atomic E-state index is 0.00216. The van der Waals surface area contributed by atoms with Crippen LogP contribution in [0.3, 0.4) is 0 Å². The molecule has 0 radical (unpaired) electrons. The van der Waals surface area contributed by atoms with Crippen LogP contribution in [0.2, 0.25) is 0 Å². The summed E-state index contributed by atoms with van der Waals surface area (Å²) in [4.78, 5) is 36.2. The molecular weight excluding hydrogens is 456 g/mol. The Hall–Kier alpha value is -1.43. The number of carbonyl (C=O) groups is 3. The summed E-state index contributed by atoms with van der Waals surface area (Å²) in [5, 5.41) is 10.2. The summed E-state index contributed by atoms with van der Waals surface area (Å²) < 4.78 is 11.3. The molecule has 36 heavy (non-hydrogen) atoms. The van der Waals surface area contributed by atoms with Gasteiger partial charge in [0.15, 0.2) is 0 Å². The van der Waals surface area contributed by atoms with E-state index in [1.54, 1.807) is 0 Å². The quantitative estimate of drug-likeness (QED) is 0.0728. The average molecular weight is 513 g/mol. The van der Waals surface area contributed by atoms with Crippen molar-refractivity contribution in [3.63, 3.8) is 0 Å². The third-order valence-corrected chi connectivity index (χ3v) is 6.65. The molecule has 0 fully saturated rings. The molecule has 212 valence electrons. The van der Waals surface area contributed by atoms with Crippen molar-refractivity contribution >= 4 is 18.2 Å². The van der Waals surface area contributed by atoms with E-state index in [1.807, 2.05) is 0 Å². The molecule has 6 heteroatoms. The number of rotatable bonds is 26. The lowest BCUT2D eigenvalue weighted by Gasteiger charge is -2.21. The van der Waals surface area contributed by atoms with Gasteiger partial charge in [0, 0.05) is 6.42 Å². The van der Waals surface area contributed by atoms with Crippen LogP contribution in [-0.2, 0) is 23.9 Å². The van der Waals surface area contributed by atoms with Gasteiger partial charge in [0.2, 0.25) is 0 Å². The van der Waals surface area contributed by atoms with Crippen molar-refractivity contribution in [2.75, 3.05) is 0 Å². The van der Waals surface area contributed by atoms with E-state index in [1.165, 1.54) is 32.1 Å². The zero-order valence-corrected chi connectivity index (χ0v) is 23.6. The Morgan fingerprint density at radius 3 is 1.53 bits per heavy atom.